The van der Waals surface area contributed by atoms with E-state index in [4.69, 9.17) is 0 Å². The Labute approximate surface area is 48.2 Å². The van der Waals surface area contributed by atoms with E-state index in [0.29, 0.717) is 0 Å². The second-order valence-electron chi connectivity index (χ2n) is 1.88. The summed E-state index contributed by atoms with van der Waals surface area (Å²) in [6.07, 6.45) is 1.16. The second kappa shape index (κ2) is 3.21. The molecule has 0 aromatic heterocycles. The molecule has 0 bridgehead atoms. The van der Waals surface area contributed by atoms with Gasteiger partial charge in [0.2, 0.25) is 0 Å². The van der Waals surface area contributed by atoms with Crippen molar-refractivity contribution in [3.63, 3.8) is 0 Å². The molecule has 1 heteroatoms. The van der Waals surface area contributed by atoms with E-state index in [1.165, 1.54) is 10.9 Å². The van der Waals surface area contributed by atoms with E-state index in [1.807, 2.05) is 0 Å². The van der Waals surface area contributed by atoms with Crippen molar-refractivity contribution < 1.29 is 0 Å². The van der Waals surface area contributed by atoms with Gasteiger partial charge in [0.05, 0.1) is 0 Å². The normalized spacial score (nSPS) is 8.57. The fourth-order valence-corrected chi connectivity index (χ4v) is 0.354. The van der Waals surface area contributed by atoms with Gasteiger partial charge in [0, 0.05) is 0 Å². The lowest BCUT2D eigenvalue weighted by Gasteiger charge is -1.94. The van der Waals surface area contributed by atoms with E-state index < -0.39 is 0 Å². The summed E-state index contributed by atoms with van der Waals surface area (Å²) in [7, 11) is 2.73. The van der Waals surface area contributed by atoms with Gasteiger partial charge in [0.15, 0.2) is 0 Å². The van der Waals surface area contributed by atoms with Crippen LogP contribution in [0.4, 0.5) is 0 Å². The summed E-state index contributed by atoms with van der Waals surface area (Å²) in [6, 6.07) is 0. The molecular formula is C6H13P. The van der Waals surface area contributed by atoms with E-state index in [2.05, 4.69) is 30.0 Å². The van der Waals surface area contributed by atoms with Crippen LogP contribution >= 0.6 is 9.24 Å². The van der Waals surface area contributed by atoms with Gasteiger partial charge in [-0.2, -0.15) is 0 Å². The lowest BCUT2D eigenvalue weighted by molar-refractivity contribution is 1.15. The second-order valence-corrected chi connectivity index (χ2v) is 2.58. The molecule has 1 atom stereocenters. The Hall–Kier alpha value is 0.170. The minimum Gasteiger partial charge on any atom is -0.110 e. The highest BCUT2D eigenvalue weighted by Gasteiger charge is 1.83. The first kappa shape index (κ1) is 7.17. The van der Waals surface area contributed by atoms with Crippen molar-refractivity contribution in [2.45, 2.75) is 27.2 Å². The lowest BCUT2D eigenvalue weighted by Crippen LogP contribution is -1.68. The Morgan fingerprint density at radius 3 is 1.86 bits per heavy atom. The highest BCUT2D eigenvalue weighted by atomic mass is 31.0. The fourth-order valence-electron chi connectivity index (χ4n) is 0.354. The van der Waals surface area contributed by atoms with E-state index in [-0.39, 0.29) is 0 Å². The summed E-state index contributed by atoms with van der Waals surface area (Å²) < 4.78 is 0. The average Bonchev–Trinajstić information content (AvgIpc) is 1.65. The van der Waals surface area contributed by atoms with E-state index >= 15 is 0 Å². The van der Waals surface area contributed by atoms with Gasteiger partial charge in [0.1, 0.15) is 0 Å². The summed E-state index contributed by atoms with van der Waals surface area (Å²) >= 11 is 0. The van der Waals surface area contributed by atoms with Crippen LogP contribution in [0, 0.1) is 0 Å². The van der Waals surface area contributed by atoms with Gasteiger partial charge in [-0.25, -0.2) is 0 Å². The predicted octanol–water partition coefficient (Wildman–Crippen LogP) is 2.57. The Kier molecular flexibility index (Phi) is 3.29. The number of allylic oxidation sites excluding steroid dienone is 2. The zero-order chi connectivity index (χ0) is 5.86. The molecule has 0 heterocycles. The molecule has 0 rings (SSSR count). The molecule has 7 heavy (non-hydrogen) atoms. The largest absolute Gasteiger partial charge is 0.110 e. The minimum absolute atomic E-state index is 1.16. The molecule has 1 unspecified atom stereocenters. The first-order valence-electron chi connectivity index (χ1n) is 2.60. The Morgan fingerprint density at radius 2 is 1.86 bits per heavy atom. The predicted molar refractivity (Wildman–Crippen MR) is 38.4 cm³/mol. The third-order valence-electron chi connectivity index (χ3n) is 1.02. The van der Waals surface area contributed by atoms with Gasteiger partial charge in [-0.15, -0.1) is 9.24 Å². The van der Waals surface area contributed by atoms with Gasteiger partial charge >= 0.3 is 0 Å². The van der Waals surface area contributed by atoms with Crippen LogP contribution in [-0.4, -0.2) is 0 Å². The molecule has 0 aliphatic heterocycles. The molecular weight excluding hydrogens is 103 g/mol. The summed E-state index contributed by atoms with van der Waals surface area (Å²) in [5.41, 5.74) is 1.42. The van der Waals surface area contributed by atoms with Gasteiger partial charge < -0.3 is 0 Å². The summed E-state index contributed by atoms with van der Waals surface area (Å²) in [4.78, 5) is 0. The molecule has 0 aromatic carbocycles. The Balaban J connectivity index is 3.72. The standard InChI is InChI=1S/C6H13P/c1-4-6(7)5(2)3/h4,7H2,1-3H3. The van der Waals surface area contributed by atoms with E-state index in [1.54, 1.807) is 0 Å². The molecule has 0 aromatic rings. The van der Waals surface area contributed by atoms with Crippen LogP contribution in [0.25, 0.3) is 0 Å². The monoisotopic (exact) mass is 116 g/mol. The number of hydrogen-bond acceptors (Lipinski definition) is 0. The molecule has 0 N–H and O–H groups in total. The maximum atomic E-state index is 2.73. The number of hydrogen-bond donors (Lipinski definition) is 0. The van der Waals surface area contributed by atoms with E-state index in [9.17, 15) is 0 Å². The van der Waals surface area contributed by atoms with Crippen molar-refractivity contribution in [3.8, 4) is 0 Å². The topological polar surface area (TPSA) is 0 Å². The average molecular weight is 116 g/mol. The quantitative estimate of drug-likeness (QED) is 0.462. The Bertz CT molecular complexity index is 78.2. The molecule has 0 spiro atoms. The molecule has 0 saturated carbocycles. The number of rotatable bonds is 1. The smallest absolute Gasteiger partial charge is 0.0309 e. The van der Waals surface area contributed by atoms with Gasteiger partial charge in [0.25, 0.3) is 0 Å². The third kappa shape index (κ3) is 2.82. The molecule has 0 fully saturated rings. The van der Waals surface area contributed by atoms with Gasteiger partial charge in [-0.05, 0) is 20.3 Å². The van der Waals surface area contributed by atoms with Crippen molar-refractivity contribution in [2.75, 3.05) is 0 Å². The maximum absolute atomic E-state index is 2.73. The van der Waals surface area contributed by atoms with Crippen LogP contribution in [-0.2, 0) is 0 Å². The summed E-state index contributed by atoms with van der Waals surface area (Å²) in [5, 5.41) is 1.43. The molecule has 42 valence electrons. The summed E-state index contributed by atoms with van der Waals surface area (Å²) in [5.74, 6) is 0. The van der Waals surface area contributed by atoms with E-state index in [0.717, 1.165) is 6.42 Å². The Morgan fingerprint density at radius 1 is 1.43 bits per heavy atom. The highest BCUT2D eigenvalue weighted by molar-refractivity contribution is 7.22. The molecule has 0 aliphatic rings. The molecule has 0 radical (unpaired) electrons. The molecule has 0 nitrogen and oxygen atoms in total. The first-order valence-corrected chi connectivity index (χ1v) is 3.18. The maximum Gasteiger partial charge on any atom is -0.0309 e. The highest BCUT2D eigenvalue weighted by Crippen LogP contribution is 2.13. The fraction of sp³-hybridized carbons (Fsp3) is 0.667. The zero-order valence-corrected chi connectivity index (χ0v) is 6.44. The van der Waals surface area contributed by atoms with Crippen LogP contribution < -0.4 is 0 Å². The van der Waals surface area contributed by atoms with Crippen LogP contribution in [0.5, 0.6) is 0 Å². The van der Waals surface area contributed by atoms with Crippen molar-refractivity contribution in [2.24, 2.45) is 0 Å². The third-order valence-corrected chi connectivity index (χ3v) is 2.01. The van der Waals surface area contributed by atoms with Crippen molar-refractivity contribution in [1.82, 2.24) is 0 Å². The van der Waals surface area contributed by atoms with Gasteiger partial charge in [-0.3, -0.25) is 0 Å². The van der Waals surface area contributed by atoms with Crippen LogP contribution in [0.3, 0.4) is 0 Å². The molecule has 0 saturated heterocycles. The summed E-state index contributed by atoms with van der Waals surface area (Å²) in [6.45, 7) is 6.42. The van der Waals surface area contributed by atoms with Crippen LogP contribution in [0.2, 0.25) is 0 Å². The van der Waals surface area contributed by atoms with Crippen LogP contribution in [0.1, 0.15) is 27.2 Å². The first-order chi connectivity index (χ1) is 3.18. The molecule has 0 aliphatic carbocycles. The molecule has 0 amide bonds. The minimum atomic E-state index is 1.16. The SMILES string of the molecule is CCC(P)=C(C)C. The van der Waals surface area contributed by atoms with Crippen molar-refractivity contribution in [3.05, 3.63) is 10.9 Å². The van der Waals surface area contributed by atoms with Gasteiger partial charge in [-0.1, -0.05) is 17.8 Å². The lowest BCUT2D eigenvalue weighted by atomic mass is 10.3. The van der Waals surface area contributed by atoms with Crippen LogP contribution in [0.15, 0.2) is 10.9 Å². The van der Waals surface area contributed by atoms with Crippen molar-refractivity contribution >= 4 is 9.24 Å². The zero-order valence-electron chi connectivity index (χ0n) is 5.28. The van der Waals surface area contributed by atoms with Crippen molar-refractivity contribution in [1.29, 1.82) is 0 Å².